The molecule has 0 fully saturated rings. The van der Waals surface area contributed by atoms with E-state index in [9.17, 15) is 0 Å². The molecule has 1 aliphatic carbocycles. The second kappa shape index (κ2) is 8.49. The number of benzene rings is 1. The lowest BCUT2D eigenvalue weighted by molar-refractivity contribution is 1.08. The Kier molecular flexibility index (Phi) is 5.87. The number of hydrogen-bond acceptors (Lipinski definition) is 3. The molecular formula is C23H26N4. The fraction of sp³-hybridized carbons (Fsp3) is 0.217. The van der Waals surface area contributed by atoms with Crippen LogP contribution in [0.3, 0.4) is 0 Å². The molecule has 27 heavy (non-hydrogen) atoms. The first-order valence-corrected chi connectivity index (χ1v) is 9.42. The molecule has 4 rings (SSSR count). The molecule has 2 aromatic heterocycles. The van der Waals surface area contributed by atoms with Crippen LogP contribution >= 0.6 is 0 Å². The summed E-state index contributed by atoms with van der Waals surface area (Å²) in [6.45, 7) is 8.08. The Morgan fingerprint density at radius 2 is 1.78 bits per heavy atom. The van der Waals surface area contributed by atoms with Crippen molar-refractivity contribution in [2.75, 3.05) is 5.32 Å². The minimum atomic E-state index is 0.853. The minimum absolute atomic E-state index is 0.853. The Hall–Kier alpha value is -3.14. The summed E-state index contributed by atoms with van der Waals surface area (Å²) in [4.78, 5) is 9.28. The monoisotopic (exact) mass is 358 g/mol. The Bertz CT molecular complexity index is 1000. The van der Waals surface area contributed by atoms with Gasteiger partial charge in [-0.3, -0.25) is 9.38 Å². The van der Waals surface area contributed by atoms with Gasteiger partial charge in [-0.15, -0.1) is 0 Å². The molecule has 0 bridgehead atoms. The average Bonchev–Trinajstić information content (AvgIpc) is 2.87. The van der Waals surface area contributed by atoms with E-state index in [-0.39, 0.29) is 0 Å². The molecule has 0 aliphatic heterocycles. The van der Waals surface area contributed by atoms with Gasteiger partial charge in [0.2, 0.25) is 0 Å². The van der Waals surface area contributed by atoms with Gasteiger partial charge in [0.05, 0.1) is 5.69 Å². The van der Waals surface area contributed by atoms with E-state index in [0.717, 1.165) is 35.0 Å². The van der Waals surface area contributed by atoms with Crippen LogP contribution in [0.4, 0.5) is 11.5 Å². The van der Waals surface area contributed by atoms with Crippen LogP contribution in [0.2, 0.25) is 0 Å². The van der Waals surface area contributed by atoms with Crippen molar-refractivity contribution in [3.05, 3.63) is 84.0 Å². The number of aromatic nitrogens is 3. The van der Waals surface area contributed by atoms with Crippen molar-refractivity contribution >= 4 is 22.7 Å². The maximum atomic E-state index is 4.89. The van der Waals surface area contributed by atoms with E-state index in [1.807, 2.05) is 39.2 Å². The molecule has 3 aromatic rings. The lowest BCUT2D eigenvalue weighted by Gasteiger charge is -2.10. The predicted octanol–water partition coefficient (Wildman–Crippen LogP) is 6.02. The molecule has 4 heteroatoms. The highest BCUT2D eigenvalue weighted by Crippen LogP contribution is 2.31. The molecule has 4 nitrogen and oxygen atoms in total. The van der Waals surface area contributed by atoms with Crippen molar-refractivity contribution in [1.82, 2.24) is 14.4 Å². The number of anilines is 2. The first-order chi connectivity index (χ1) is 13.2. The van der Waals surface area contributed by atoms with Gasteiger partial charge in [-0.2, -0.15) is 0 Å². The first kappa shape index (κ1) is 18.6. The Morgan fingerprint density at radius 3 is 2.56 bits per heavy atom. The number of aryl methyl sites for hydroxylation is 2. The second-order valence-electron chi connectivity index (χ2n) is 6.22. The lowest BCUT2D eigenvalue weighted by Crippen LogP contribution is -1.99. The normalized spacial score (nSPS) is 13.0. The van der Waals surface area contributed by atoms with Gasteiger partial charge in [-0.1, -0.05) is 61.9 Å². The molecule has 0 unspecified atom stereocenters. The van der Waals surface area contributed by atoms with Crippen molar-refractivity contribution in [2.24, 2.45) is 0 Å². The zero-order valence-corrected chi connectivity index (χ0v) is 16.4. The van der Waals surface area contributed by atoms with Crippen molar-refractivity contribution in [1.29, 1.82) is 0 Å². The van der Waals surface area contributed by atoms with E-state index in [1.165, 1.54) is 11.1 Å². The molecule has 0 radical (unpaired) electrons. The SMILES string of the molecule is CC.Cc1ccc(Nc2c(C3=CC=CC=CC3)nc3c(C)nccn23)cc1. The smallest absolute Gasteiger partial charge is 0.160 e. The van der Waals surface area contributed by atoms with E-state index in [2.05, 4.69) is 70.2 Å². The fourth-order valence-corrected chi connectivity index (χ4v) is 2.97. The van der Waals surface area contributed by atoms with Crippen LogP contribution in [0.15, 0.2) is 67.0 Å². The van der Waals surface area contributed by atoms with Gasteiger partial charge in [0, 0.05) is 18.1 Å². The van der Waals surface area contributed by atoms with Crippen LogP contribution in [0.25, 0.3) is 11.2 Å². The Labute approximate surface area is 161 Å². The molecule has 0 atom stereocenters. The van der Waals surface area contributed by atoms with Gasteiger partial charge in [0.1, 0.15) is 11.5 Å². The number of allylic oxidation sites excluding steroid dienone is 6. The number of rotatable bonds is 3. The van der Waals surface area contributed by atoms with Crippen LogP contribution in [0, 0.1) is 13.8 Å². The third-order valence-electron chi connectivity index (χ3n) is 4.33. The number of nitrogens with one attached hydrogen (secondary N) is 1. The van der Waals surface area contributed by atoms with Crippen LogP contribution in [-0.2, 0) is 0 Å². The van der Waals surface area contributed by atoms with Gasteiger partial charge in [-0.05, 0) is 38.0 Å². The molecule has 2 heterocycles. The Morgan fingerprint density at radius 1 is 1.00 bits per heavy atom. The summed E-state index contributed by atoms with van der Waals surface area (Å²) in [5.41, 5.74) is 6.23. The quantitative estimate of drug-likeness (QED) is 0.623. The molecule has 0 spiro atoms. The third kappa shape index (κ3) is 4.00. The third-order valence-corrected chi connectivity index (χ3v) is 4.33. The standard InChI is InChI=1S/C21H20N4.C2H6/c1-15-9-11-18(12-10-15)23-21-19(17-7-5-3-4-6-8-17)24-20-16(2)22-13-14-25(20)21;1-2/h3-7,9-14,23H,8H2,1-2H3;1-2H3. The van der Waals surface area contributed by atoms with E-state index >= 15 is 0 Å². The van der Waals surface area contributed by atoms with Gasteiger partial charge < -0.3 is 5.32 Å². The summed E-state index contributed by atoms with van der Waals surface area (Å²) in [6.07, 6.45) is 15.1. The van der Waals surface area contributed by atoms with Crippen molar-refractivity contribution in [3.63, 3.8) is 0 Å². The summed E-state index contributed by atoms with van der Waals surface area (Å²) in [7, 11) is 0. The minimum Gasteiger partial charge on any atom is -0.339 e. The molecule has 1 aliphatic rings. The van der Waals surface area contributed by atoms with Crippen LogP contribution in [0.5, 0.6) is 0 Å². The van der Waals surface area contributed by atoms with Crippen LogP contribution in [-0.4, -0.2) is 14.4 Å². The van der Waals surface area contributed by atoms with Crippen LogP contribution in [0.1, 0.15) is 37.2 Å². The second-order valence-corrected chi connectivity index (χ2v) is 6.22. The topological polar surface area (TPSA) is 42.2 Å². The summed E-state index contributed by atoms with van der Waals surface area (Å²) in [6, 6.07) is 8.39. The molecular weight excluding hydrogens is 332 g/mol. The zero-order chi connectivity index (χ0) is 19.2. The van der Waals surface area contributed by atoms with E-state index in [4.69, 9.17) is 4.98 Å². The molecule has 138 valence electrons. The lowest BCUT2D eigenvalue weighted by atomic mass is 10.1. The summed E-state index contributed by atoms with van der Waals surface area (Å²) in [5, 5.41) is 3.55. The highest BCUT2D eigenvalue weighted by Gasteiger charge is 2.17. The van der Waals surface area contributed by atoms with Gasteiger partial charge in [-0.25, -0.2) is 4.98 Å². The number of imidazole rings is 1. The Balaban J connectivity index is 0.00000102. The van der Waals surface area contributed by atoms with E-state index in [1.54, 1.807) is 0 Å². The molecule has 1 N–H and O–H groups in total. The van der Waals surface area contributed by atoms with Crippen molar-refractivity contribution < 1.29 is 0 Å². The largest absolute Gasteiger partial charge is 0.339 e. The van der Waals surface area contributed by atoms with E-state index < -0.39 is 0 Å². The van der Waals surface area contributed by atoms with E-state index in [0.29, 0.717) is 0 Å². The maximum Gasteiger partial charge on any atom is 0.160 e. The number of nitrogens with zero attached hydrogens (tertiary/aromatic N) is 3. The van der Waals surface area contributed by atoms with Gasteiger partial charge in [0.15, 0.2) is 5.65 Å². The number of fused-ring (bicyclic) bond motifs is 1. The summed E-state index contributed by atoms with van der Waals surface area (Å²) in [5.74, 6) is 0.972. The summed E-state index contributed by atoms with van der Waals surface area (Å²) < 4.78 is 2.08. The van der Waals surface area contributed by atoms with Gasteiger partial charge >= 0.3 is 0 Å². The highest BCUT2D eigenvalue weighted by molar-refractivity contribution is 5.80. The van der Waals surface area contributed by atoms with Gasteiger partial charge in [0.25, 0.3) is 0 Å². The molecule has 0 saturated heterocycles. The number of hydrogen-bond donors (Lipinski definition) is 1. The van der Waals surface area contributed by atoms with Crippen LogP contribution < -0.4 is 5.32 Å². The highest BCUT2D eigenvalue weighted by atomic mass is 15.1. The maximum absolute atomic E-state index is 4.89. The fourth-order valence-electron chi connectivity index (χ4n) is 2.97. The molecule has 1 aromatic carbocycles. The summed E-state index contributed by atoms with van der Waals surface area (Å²) >= 11 is 0. The van der Waals surface area contributed by atoms with Crippen molar-refractivity contribution in [3.8, 4) is 0 Å². The molecule has 0 amide bonds. The molecule has 0 saturated carbocycles. The predicted molar refractivity (Wildman–Crippen MR) is 114 cm³/mol. The average molecular weight is 358 g/mol. The zero-order valence-electron chi connectivity index (χ0n) is 16.4. The first-order valence-electron chi connectivity index (χ1n) is 9.42. The van der Waals surface area contributed by atoms with Crippen molar-refractivity contribution in [2.45, 2.75) is 34.1 Å².